The van der Waals surface area contributed by atoms with E-state index in [4.69, 9.17) is 14.2 Å². The molecule has 0 fully saturated rings. The van der Waals surface area contributed by atoms with Crippen molar-refractivity contribution in [1.29, 1.82) is 0 Å². The van der Waals surface area contributed by atoms with Crippen LogP contribution in [0.3, 0.4) is 0 Å². The van der Waals surface area contributed by atoms with Crippen molar-refractivity contribution in [2.45, 2.75) is 31.0 Å². The van der Waals surface area contributed by atoms with Crippen LogP contribution in [-0.4, -0.2) is 41.9 Å². The molecule has 3 aromatic rings. The van der Waals surface area contributed by atoms with Crippen molar-refractivity contribution in [2.24, 2.45) is 0 Å². The average molecular weight is 500 g/mol. The maximum Gasteiger partial charge on any atom is 0.453 e. The number of benzene rings is 2. The third-order valence-corrected chi connectivity index (χ3v) is 6.45. The molecule has 0 bridgehead atoms. The number of ketones is 1. The molecule has 2 aliphatic rings. The number of hydrogen-bond donors (Lipinski definition) is 1. The average Bonchev–Trinajstić information content (AvgIpc) is 3.31. The largest absolute Gasteiger partial charge is 0.493 e. The summed E-state index contributed by atoms with van der Waals surface area (Å²) in [5, 5.41) is 6.69. The number of anilines is 1. The summed E-state index contributed by atoms with van der Waals surface area (Å²) in [6.07, 6.45) is -4.20. The van der Waals surface area contributed by atoms with Crippen molar-refractivity contribution in [3.05, 3.63) is 70.7 Å². The molecule has 2 aromatic carbocycles. The van der Waals surface area contributed by atoms with Gasteiger partial charge in [0.25, 0.3) is 5.82 Å². The van der Waals surface area contributed by atoms with Crippen LogP contribution in [0.2, 0.25) is 0 Å². The van der Waals surface area contributed by atoms with Gasteiger partial charge in [-0.05, 0) is 35.6 Å². The summed E-state index contributed by atoms with van der Waals surface area (Å²) in [4.78, 5) is 17.3. The summed E-state index contributed by atoms with van der Waals surface area (Å²) in [7, 11) is 4.51. The number of ether oxygens (including phenoxy) is 3. The number of methoxy groups -OCH3 is 3. The van der Waals surface area contributed by atoms with Gasteiger partial charge >= 0.3 is 6.18 Å². The number of rotatable bonds is 5. The van der Waals surface area contributed by atoms with Crippen LogP contribution in [0.15, 0.2) is 53.7 Å². The van der Waals surface area contributed by atoms with E-state index in [1.807, 2.05) is 0 Å². The number of halogens is 3. The fraction of sp³-hybridized carbons (Fsp3) is 0.320. The molecule has 0 saturated carbocycles. The normalized spacial score (nSPS) is 19.3. The number of hydrogen-bond acceptors (Lipinski definition) is 7. The van der Waals surface area contributed by atoms with E-state index >= 15 is 0 Å². The van der Waals surface area contributed by atoms with Crippen molar-refractivity contribution in [1.82, 2.24) is 14.8 Å². The lowest BCUT2D eigenvalue weighted by Gasteiger charge is -2.35. The number of allylic oxidation sites excluding steroid dienone is 2. The predicted molar refractivity (Wildman–Crippen MR) is 123 cm³/mol. The SMILES string of the molecule is COc1cc([C@@H]2CC(=O)C3=C(C2)Nc2nc(C(F)(F)F)nn2[C@@H]3c2ccccc2)cc(OC)c1OC. The van der Waals surface area contributed by atoms with Gasteiger partial charge in [-0.25, -0.2) is 4.68 Å². The molecule has 8 nitrogen and oxygen atoms in total. The number of aromatic nitrogens is 3. The maximum absolute atomic E-state index is 13.6. The summed E-state index contributed by atoms with van der Waals surface area (Å²) in [6, 6.07) is 11.6. The molecule has 0 saturated heterocycles. The lowest BCUT2D eigenvalue weighted by atomic mass is 9.78. The van der Waals surface area contributed by atoms with E-state index in [1.165, 1.54) is 21.3 Å². The van der Waals surface area contributed by atoms with Crippen LogP contribution in [0.1, 0.15) is 41.8 Å². The Morgan fingerprint density at radius 2 is 1.64 bits per heavy atom. The van der Waals surface area contributed by atoms with Crippen LogP contribution in [0.25, 0.3) is 0 Å². The van der Waals surface area contributed by atoms with Gasteiger partial charge in [0.15, 0.2) is 17.3 Å². The Balaban J connectivity index is 1.60. The molecular formula is C25H23F3N4O4. The molecule has 1 aliphatic heterocycles. The second-order valence-corrected chi connectivity index (χ2v) is 8.52. The molecule has 1 aliphatic carbocycles. The lowest BCUT2D eigenvalue weighted by Crippen LogP contribution is -2.33. The maximum atomic E-state index is 13.6. The summed E-state index contributed by atoms with van der Waals surface area (Å²) in [6.45, 7) is 0. The lowest BCUT2D eigenvalue weighted by molar-refractivity contribution is -0.145. The van der Waals surface area contributed by atoms with E-state index in [2.05, 4.69) is 15.4 Å². The monoisotopic (exact) mass is 500 g/mol. The van der Waals surface area contributed by atoms with E-state index in [0.717, 1.165) is 10.2 Å². The second-order valence-electron chi connectivity index (χ2n) is 8.52. The molecule has 2 atom stereocenters. The minimum absolute atomic E-state index is 0.0618. The number of nitrogens with one attached hydrogen (secondary N) is 1. The highest BCUT2D eigenvalue weighted by Gasteiger charge is 2.43. The van der Waals surface area contributed by atoms with Gasteiger partial charge in [0.1, 0.15) is 6.04 Å². The topological polar surface area (TPSA) is 87.5 Å². The third-order valence-electron chi connectivity index (χ3n) is 6.45. The summed E-state index contributed by atoms with van der Waals surface area (Å²) >= 11 is 0. The summed E-state index contributed by atoms with van der Waals surface area (Å²) < 4.78 is 57.8. The van der Waals surface area contributed by atoms with Crippen molar-refractivity contribution < 1.29 is 32.2 Å². The van der Waals surface area contributed by atoms with Crippen molar-refractivity contribution in [3.8, 4) is 17.2 Å². The third kappa shape index (κ3) is 3.94. The number of carbonyl (C=O) groups excluding carboxylic acids is 1. The van der Waals surface area contributed by atoms with E-state index in [9.17, 15) is 18.0 Å². The van der Waals surface area contributed by atoms with Crippen LogP contribution in [0.5, 0.6) is 17.2 Å². The molecule has 36 heavy (non-hydrogen) atoms. The van der Waals surface area contributed by atoms with Gasteiger partial charge in [-0.15, -0.1) is 5.10 Å². The van der Waals surface area contributed by atoms with Crippen LogP contribution in [-0.2, 0) is 11.0 Å². The minimum atomic E-state index is -4.73. The molecule has 2 heterocycles. The molecule has 0 radical (unpaired) electrons. The Hall–Kier alpha value is -4.02. The molecular weight excluding hydrogens is 477 g/mol. The molecule has 1 N–H and O–H groups in total. The number of carbonyl (C=O) groups is 1. The quantitative estimate of drug-likeness (QED) is 0.542. The molecule has 188 valence electrons. The highest BCUT2D eigenvalue weighted by Crippen LogP contribution is 2.47. The summed E-state index contributed by atoms with van der Waals surface area (Å²) in [5.74, 6) is -0.456. The first-order valence-electron chi connectivity index (χ1n) is 11.2. The van der Waals surface area contributed by atoms with E-state index in [0.29, 0.717) is 40.5 Å². The van der Waals surface area contributed by atoms with Crippen LogP contribution < -0.4 is 19.5 Å². The zero-order valence-corrected chi connectivity index (χ0v) is 19.7. The zero-order valence-electron chi connectivity index (χ0n) is 19.7. The standard InChI is InChI=1S/C25H23F3N4O4/c1-34-18-11-15(12-19(35-2)22(18)36-3)14-9-16-20(17(33)10-14)21(13-7-5-4-6-8-13)32-24(29-16)30-23(31-32)25(26,27)28/h4-8,11-12,14,21H,9-10H2,1-3H3,(H,29,30,31)/t14-,21+/m0/s1. The highest BCUT2D eigenvalue weighted by molar-refractivity contribution is 6.00. The van der Waals surface area contributed by atoms with Crippen molar-refractivity contribution >= 4 is 11.7 Å². The number of Topliss-reactive ketones (excluding diaryl/α,β-unsaturated/α-hetero) is 1. The van der Waals surface area contributed by atoms with Gasteiger partial charge in [-0.1, -0.05) is 30.3 Å². The first-order valence-corrected chi connectivity index (χ1v) is 11.2. The smallest absolute Gasteiger partial charge is 0.453 e. The Bertz CT molecular complexity index is 1330. The van der Waals surface area contributed by atoms with Gasteiger partial charge < -0.3 is 19.5 Å². The van der Waals surface area contributed by atoms with Gasteiger partial charge in [-0.3, -0.25) is 4.79 Å². The zero-order chi connectivity index (χ0) is 25.6. The van der Waals surface area contributed by atoms with Crippen LogP contribution >= 0.6 is 0 Å². The number of alkyl halides is 3. The predicted octanol–water partition coefficient (Wildman–Crippen LogP) is 4.74. The van der Waals surface area contributed by atoms with Gasteiger partial charge in [0.2, 0.25) is 11.7 Å². The first-order chi connectivity index (χ1) is 17.2. The van der Waals surface area contributed by atoms with Crippen molar-refractivity contribution in [2.75, 3.05) is 26.6 Å². The molecule has 1 aromatic heterocycles. The molecule has 11 heteroatoms. The van der Waals surface area contributed by atoms with Crippen LogP contribution in [0.4, 0.5) is 19.1 Å². The Morgan fingerprint density at radius 1 is 0.972 bits per heavy atom. The Kier molecular flexibility index (Phi) is 5.85. The number of fused-ring (bicyclic) bond motifs is 1. The number of nitrogens with zero attached hydrogens (tertiary/aromatic N) is 3. The van der Waals surface area contributed by atoms with Crippen LogP contribution in [0, 0.1) is 0 Å². The Labute approximate surface area is 204 Å². The second kappa shape index (κ2) is 8.89. The van der Waals surface area contributed by atoms with Gasteiger partial charge in [0.05, 0.1) is 21.3 Å². The van der Waals surface area contributed by atoms with E-state index in [1.54, 1.807) is 42.5 Å². The highest BCUT2D eigenvalue weighted by atomic mass is 19.4. The van der Waals surface area contributed by atoms with E-state index in [-0.39, 0.29) is 24.1 Å². The van der Waals surface area contributed by atoms with E-state index < -0.39 is 18.0 Å². The fourth-order valence-electron chi connectivity index (χ4n) is 4.85. The van der Waals surface area contributed by atoms with Crippen molar-refractivity contribution in [3.63, 3.8) is 0 Å². The van der Waals surface area contributed by atoms with Gasteiger partial charge in [-0.2, -0.15) is 18.2 Å². The molecule has 0 amide bonds. The molecule has 0 spiro atoms. The van der Waals surface area contributed by atoms with Gasteiger partial charge in [0, 0.05) is 17.7 Å². The summed E-state index contributed by atoms with van der Waals surface area (Å²) in [5.41, 5.74) is 2.33. The minimum Gasteiger partial charge on any atom is -0.493 e. The Morgan fingerprint density at radius 3 is 2.22 bits per heavy atom. The first kappa shape index (κ1) is 23.7. The molecule has 0 unspecified atom stereocenters. The fourth-order valence-corrected chi connectivity index (χ4v) is 4.85. The molecule has 5 rings (SSSR count).